The molecule has 0 amide bonds. The van der Waals surface area contributed by atoms with E-state index in [9.17, 15) is 4.21 Å². The third-order valence-electron chi connectivity index (χ3n) is 3.24. The molecular formula is C11H24N2OS. The van der Waals surface area contributed by atoms with Gasteiger partial charge in [0.2, 0.25) is 0 Å². The average molecular weight is 232 g/mol. The number of hydrogen-bond acceptors (Lipinski definition) is 3. The molecule has 1 aliphatic rings. The van der Waals surface area contributed by atoms with E-state index in [0.717, 1.165) is 25.4 Å². The lowest BCUT2D eigenvalue weighted by atomic mass is 10.1. The molecule has 3 unspecified atom stereocenters. The van der Waals surface area contributed by atoms with E-state index in [-0.39, 0.29) is 0 Å². The van der Waals surface area contributed by atoms with Gasteiger partial charge < -0.3 is 5.32 Å². The summed E-state index contributed by atoms with van der Waals surface area (Å²) in [5.41, 5.74) is 0. The first-order valence-electron chi connectivity index (χ1n) is 5.94. The molecule has 0 radical (unpaired) electrons. The van der Waals surface area contributed by atoms with Crippen LogP contribution in [-0.2, 0) is 10.8 Å². The van der Waals surface area contributed by atoms with Crippen LogP contribution >= 0.6 is 0 Å². The molecule has 1 fully saturated rings. The standard InChI is InChI=1S/C11H24N2OS/c1-4-10-9-13(6-7-15(3)14)11(5-2)8-12-10/h10-12H,4-9H2,1-3H3. The van der Waals surface area contributed by atoms with Crippen LogP contribution in [0.25, 0.3) is 0 Å². The summed E-state index contributed by atoms with van der Waals surface area (Å²) in [6, 6.07) is 1.26. The van der Waals surface area contributed by atoms with Gasteiger partial charge in [0.1, 0.15) is 0 Å². The summed E-state index contributed by atoms with van der Waals surface area (Å²) < 4.78 is 11.1. The fraction of sp³-hybridized carbons (Fsp3) is 1.00. The van der Waals surface area contributed by atoms with Crippen LogP contribution in [0.5, 0.6) is 0 Å². The quantitative estimate of drug-likeness (QED) is 0.762. The smallest absolute Gasteiger partial charge is 0.0359 e. The van der Waals surface area contributed by atoms with Gasteiger partial charge in [-0.25, -0.2) is 0 Å². The van der Waals surface area contributed by atoms with Gasteiger partial charge in [0.15, 0.2) is 0 Å². The highest BCUT2D eigenvalue weighted by Gasteiger charge is 2.25. The molecule has 15 heavy (non-hydrogen) atoms. The van der Waals surface area contributed by atoms with E-state index in [4.69, 9.17) is 0 Å². The van der Waals surface area contributed by atoms with Crippen LogP contribution in [0.2, 0.25) is 0 Å². The maximum Gasteiger partial charge on any atom is 0.0359 e. The van der Waals surface area contributed by atoms with Gasteiger partial charge in [-0.15, -0.1) is 0 Å². The molecule has 0 aromatic rings. The maximum absolute atomic E-state index is 11.1. The summed E-state index contributed by atoms with van der Waals surface area (Å²) in [5, 5.41) is 3.57. The van der Waals surface area contributed by atoms with Crippen molar-refractivity contribution in [2.75, 3.05) is 31.6 Å². The lowest BCUT2D eigenvalue weighted by molar-refractivity contribution is 0.133. The molecule has 0 aromatic carbocycles. The van der Waals surface area contributed by atoms with E-state index < -0.39 is 10.8 Å². The topological polar surface area (TPSA) is 32.3 Å². The Morgan fingerprint density at radius 1 is 1.40 bits per heavy atom. The lowest BCUT2D eigenvalue weighted by Gasteiger charge is -2.39. The summed E-state index contributed by atoms with van der Waals surface area (Å²) in [7, 11) is -0.659. The Morgan fingerprint density at radius 3 is 2.67 bits per heavy atom. The summed E-state index contributed by atoms with van der Waals surface area (Å²) in [5.74, 6) is 0.812. The molecule has 3 atom stereocenters. The zero-order chi connectivity index (χ0) is 11.3. The van der Waals surface area contributed by atoms with Gasteiger partial charge in [-0.3, -0.25) is 9.11 Å². The fourth-order valence-corrected chi connectivity index (χ4v) is 2.62. The minimum Gasteiger partial charge on any atom is -0.311 e. The van der Waals surface area contributed by atoms with Crippen molar-refractivity contribution in [1.82, 2.24) is 10.2 Å². The van der Waals surface area contributed by atoms with E-state index >= 15 is 0 Å². The fourth-order valence-electron chi connectivity index (χ4n) is 2.12. The lowest BCUT2D eigenvalue weighted by Crippen LogP contribution is -2.56. The Kier molecular flexibility index (Phi) is 5.79. The average Bonchev–Trinajstić information content (AvgIpc) is 2.25. The van der Waals surface area contributed by atoms with Gasteiger partial charge in [0, 0.05) is 54.5 Å². The first kappa shape index (κ1) is 13.1. The number of hydrogen-bond donors (Lipinski definition) is 1. The van der Waals surface area contributed by atoms with Gasteiger partial charge in [-0.05, 0) is 12.8 Å². The van der Waals surface area contributed by atoms with Gasteiger partial charge >= 0.3 is 0 Å². The van der Waals surface area contributed by atoms with Crippen LogP contribution in [0.3, 0.4) is 0 Å². The van der Waals surface area contributed by atoms with E-state index in [1.165, 1.54) is 12.8 Å². The molecule has 1 aliphatic heterocycles. The highest BCUT2D eigenvalue weighted by atomic mass is 32.2. The van der Waals surface area contributed by atoms with E-state index in [1.807, 2.05) is 0 Å². The van der Waals surface area contributed by atoms with Crippen molar-refractivity contribution in [3.63, 3.8) is 0 Å². The van der Waals surface area contributed by atoms with Crippen LogP contribution in [0.1, 0.15) is 26.7 Å². The number of piperazine rings is 1. The van der Waals surface area contributed by atoms with Gasteiger partial charge in [-0.2, -0.15) is 0 Å². The van der Waals surface area contributed by atoms with Crippen LogP contribution in [0, 0.1) is 0 Å². The SMILES string of the molecule is CCC1CN(CCS(C)=O)C(CC)CN1. The molecule has 1 N–H and O–H groups in total. The van der Waals surface area contributed by atoms with Crippen molar-refractivity contribution >= 4 is 10.8 Å². The third-order valence-corrected chi connectivity index (χ3v) is 4.00. The summed E-state index contributed by atoms with van der Waals surface area (Å²) in [4.78, 5) is 2.51. The summed E-state index contributed by atoms with van der Waals surface area (Å²) in [6.07, 6.45) is 4.16. The van der Waals surface area contributed by atoms with Crippen molar-refractivity contribution in [3.05, 3.63) is 0 Å². The van der Waals surface area contributed by atoms with E-state index in [1.54, 1.807) is 6.26 Å². The van der Waals surface area contributed by atoms with E-state index in [0.29, 0.717) is 12.1 Å². The monoisotopic (exact) mass is 232 g/mol. The maximum atomic E-state index is 11.1. The van der Waals surface area contributed by atoms with Gasteiger partial charge in [0.25, 0.3) is 0 Å². The minimum absolute atomic E-state index is 0.623. The Hall–Kier alpha value is 0.0700. The molecule has 0 spiro atoms. The molecule has 1 saturated heterocycles. The predicted molar refractivity (Wildman–Crippen MR) is 66.7 cm³/mol. The Labute approximate surface area is 96.1 Å². The van der Waals surface area contributed by atoms with Crippen LogP contribution in [0.15, 0.2) is 0 Å². The van der Waals surface area contributed by atoms with Crippen LogP contribution in [0.4, 0.5) is 0 Å². The Bertz CT molecular complexity index is 211. The zero-order valence-corrected chi connectivity index (χ0v) is 11.0. The molecule has 3 nitrogen and oxygen atoms in total. The second-order valence-electron chi connectivity index (χ2n) is 4.35. The van der Waals surface area contributed by atoms with Crippen molar-refractivity contribution in [3.8, 4) is 0 Å². The first-order valence-corrected chi connectivity index (χ1v) is 7.67. The Morgan fingerprint density at radius 2 is 2.13 bits per heavy atom. The number of rotatable bonds is 5. The predicted octanol–water partition coefficient (Wildman–Crippen LogP) is 0.827. The van der Waals surface area contributed by atoms with Crippen molar-refractivity contribution < 1.29 is 4.21 Å². The molecule has 1 rings (SSSR count). The molecule has 0 saturated carbocycles. The molecule has 0 aromatic heterocycles. The summed E-state index contributed by atoms with van der Waals surface area (Å²) in [6.45, 7) is 7.64. The van der Waals surface area contributed by atoms with Gasteiger partial charge in [0.05, 0.1) is 0 Å². The summed E-state index contributed by atoms with van der Waals surface area (Å²) >= 11 is 0. The molecule has 4 heteroatoms. The van der Waals surface area contributed by atoms with Crippen molar-refractivity contribution in [2.45, 2.75) is 38.8 Å². The molecular weight excluding hydrogens is 208 g/mol. The minimum atomic E-state index is -0.659. The molecule has 1 heterocycles. The van der Waals surface area contributed by atoms with Crippen LogP contribution < -0.4 is 5.32 Å². The highest BCUT2D eigenvalue weighted by Crippen LogP contribution is 2.11. The molecule has 0 bridgehead atoms. The van der Waals surface area contributed by atoms with Crippen LogP contribution in [-0.4, -0.2) is 52.8 Å². The zero-order valence-electron chi connectivity index (χ0n) is 10.2. The Balaban J connectivity index is 2.43. The van der Waals surface area contributed by atoms with Gasteiger partial charge in [-0.1, -0.05) is 13.8 Å². The second-order valence-corrected chi connectivity index (χ2v) is 5.90. The first-order chi connectivity index (χ1) is 7.17. The largest absolute Gasteiger partial charge is 0.311 e. The van der Waals surface area contributed by atoms with Crippen molar-refractivity contribution in [2.24, 2.45) is 0 Å². The normalized spacial score (nSPS) is 30.3. The highest BCUT2D eigenvalue weighted by molar-refractivity contribution is 7.84. The molecule has 90 valence electrons. The number of nitrogens with zero attached hydrogens (tertiary/aromatic N) is 1. The third kappa shape index (κ3) is 4.21. The molecule has 0 aliphatic carbocycles. The second kappa shape index (κ2) is 6.61. The van der Waals surface area contributed by atoms with Crippen molar-refractivity contribution in [1.29, 1.82) is 0 Å². The number of nitrogens with one attached hydrogen (secondary N) is 1. The van der Waals surface area contributed by atoms with E-state index in [2.05, 4.69) is 24.1 Å².